The summed E-state index contributed by atoms with van der Waals surface area (Å²) in [6.07, 6.45) is 4.36. The third-order valence-corrected chi connectivity index (χ3v) is 7.53. The number of sulfonamides is 1. The van der Waals surface area contributed by atoms with E-state index in [0.717, 1.165) is 27.7 Å². The van der Waals surface area contributed by atoms with Crippen LogP contribution in [-0.2, 0) is 10.0 Å². The molecule has 152 valence electrons. The molecule has 0 radical (unpaired) electrons. The molecule has 29 heavy (non-hydrogen) atoms. The zero-order chi connectivity index (χ0) is 20.4. The van der Waals surface area contributed by atoms with Crippen LogP contribution in [0.3, 0.4) is 0 Å². The van der Waals surface area contributed by atoms with Gasteiger partial charge in [0.05, 0.1) is 4.90 Å². The van der Waals surface area contributed by atoms with Crippen LogP contribution in [0.5, 0.6) is 0 Å². The van der Waals surface area contributed by atoms with Crippen molar-refractivity contribution in [2.75, 3.05) is 11.5 Å². The first-order chi connectivity index (χ1) is 14.1. The van der Waals surface area contributed by atoms with Crippen molar-refractivity contribution in [3.8, 4) is 0 Å². The summed E-state index contributed by atoms with van der Waals surface area (Å²) >= 11 is 3.44. The molecule has 8 heteroatoms. The molecule has 1 aromatic heterocycles. The largest absolute Gasteiger partial charge is 0.265 e. The Balaban J connectivity index is 1.58. The van der Waals surface area contributed by atoms with Crippen molar-refractivity contribution in [3.63, 3.8) is 0 Å². The second-order valence-corrected chi connectivity index (χ2v) is 10.1. The van der Waals surface area contributed by atoms with E-state index in [-0.39, 0.29) is 10.9 Å². The van der Waals surface area contributed by atoms with Gasteiger partial charge in [-0.3, -0.25) is 4.98 Å². The summed E-state index contributed by atoms with van der Waals surface area (Å²) in [5, 5.41) is 0. The third kappa shape index (κ3) is 7.49. The molecule has 0 fully saturated rings. The second kappa shape index (κ2) is 11.4. The highest BCUT2D eigenvalue weighted by atomic mass is 32.2. The molecule has 0 saturated carbocycles. The van der Waals surface area contributed by atoms with E-state index in [0.29, 0.717) is 0 Å². The molecule has 2 aromatic carbocycles. The van der Waals surface area contributed by atoms with E-state index in [1.807, 2.05) is 30.3 Å². The molecule has 2 N–H and O–H groups in total. The van der Waals surface area contributed by atoms with Crippen LogP contribution >= 0.6 is 23.5 Å². The highest BCUT2D eigenvalue weighted by Gasteiger charge is 2.16. The molecule has 0 aliphatic heterocycles. The fourth-order valence-electron chi connectivity index (χ4n) is 2.48. The van der Waals surface area contributed by atoms with E-state index in [4.69, 9.17) is 0 Å². The summed E-state index contributed by atoms with van der Waals surface area (Å²) in [4.78, 5) is 9.14. The molecular weight excluding hydrogens is 422 g/mol. The number of aromatic nitrogens is 1. The Morgan fingerprint density at radius 2 is 1.45 bits per heavy atom. The average Bonchev–Trinajstić information content (AvgIpc) is 2.77. The Morgan fingerprint density at radius 3 is 2.14 bits per heavy atom. The van der Waals surface area contributed by atoms with Crippen molar-refractivity contribution in [1.29, 1.82) is 0 Å². The summed E-state index contributed by atoms with van der Waals surface area (Å²) in [6.45, 7) is 0. The minimum Gasteiger partial charge on any atom is -0.265 e. The lowest BCUT2D eigenvalue weighted by molar-refractivity contribution is 0.499. The maximum Gasteiger partial charge on any atom is 0.253 e. The predicted molar refractivity (Wildman–Crippen MR) is 120 cm³/mol. The number of hydrogen-bond donors (Lipinski definition) is 2. The number of hydrazine groups is 1. The third-order valence-electron chi connectivity index (χ3n) is 4.03. The first kappa shape index (κ1) is 21.9. The van der Waals surface area contributed by atoms with Crippen LogP contribution in [-0.4, -0.2) is 30.9 Å². The topological polar surface area (TPSA) is 71.1 Å². The van der Waals surface area contributed by atoms with Crippen molar-refractivity contribution in [2.24, 2.45) is 0 Å². The predicted octanol–water partition coefficient (Wildman–Crippen LogP) is 4.21. The van der Waals surface area contributed by atoms with Gasteiger partial charge >= 0.3 is 0 Å². The molecule has 1 unspecified atom stereocenters. The van der Waals surface area contributed by atoms with Gasteiger partial charge in [0.25, 0.3) is 10.0 Å². The van der Waals surface area contributed by atoms with Crippen LogP contribution in [0.1, 0.15) is 6.42 Å². The van der Waals surface area contributed by atoms with Crippen molar-refractivity contribution in [2.45, 2.75) is 27.1 Å². The van der Waals surface area contributed by atoms with Gasteiger partial charge in [0.1, 0.15) is 0 Å². The van der Waals surface area contributed by atoms with Crippen molar-refractivity contribution < 1.29 is 8.42 Å². The van der Waals surface area contributed by atoms with Crippen LogP contribution in [0.4, 0.5) is 0 Å². The minimum absolute atomic E-state index is 0.0203. The van der Waals surface area contributed by atoms with Crippen LogP contribution in [0.25, 0.3) is 0 Å². The molecule has 0 saturated heterocycles. The van der Waals surface area contributed by atoms with Crippen LogP contribution in [0.15, 0.2) is 99.9 Å². The van der Waals surface area contributed by atoms with Crippen LogP contribution < -0.4 is 10.3 Å². The molecule has 3 aromatic rings. The van der Waals surface area contributed by atoms with E-state index in [1.165, 1.54) is 0 Å². The molecule has 0 bridgehead atoms. The van der Waals surface area contributed by atoms with Gasteiger partial charge in [-0.2, -0.15) is 0 Å². The lowest BCUT2D eigenvalue weighted by Gasteiger charge is -2.19. The Kier molecular flexibility index (Phi) is 8.57. The van der Waals surface area contributed by atoms with E-state index in [9.17, 15) is 8.42 Å². The molecule has 1 atom stereocenters. The number of rotatable bonds is 11. The van der Waals surface area contributed by atoms with Crippen molar-refractivity contribution in [1.82, 2.24) is 15.2 Å². The Labute approximate surface area is 180 Å². The number of nitrogens with one attached hydrogen (secondary N) is 2. The number of benzene rings is 2. The van der Waals surface area contributed by atoms with Gasteiger partial charge in [0.2, 0.25) is 0 Å². The number of nitrogens with zero attached hydrogens (tertiary/aromatic N) is 1. The number of pyridine rings is 1. The van der Waals surface area contributed by atoms with Gasteiger partial charge < -0.3 is 0 Å². The van der Waals surface area contributed by atoms with Gasteiger partial charge in [0.15, 0.2) is 0 Å². The molecule has 5 nitrogen and oxygen atoms in total. The SMILES string of the molecule is O=S(=O)(NNC(CCSc1ccncc1)CSc1ccccc1)c1ccccc1. The van der Waals surface area contributed by atoms with E-state index < -0.39 is 10.0 Å². The maximum absolute atomic E-state index is 12.5. The summed E-state index contributed by atoms with van der Waals surface area (Å²) in [5.74, 6) is 1.61. The quantitative estimate of drug-likeness (QED) is 0.340. The van der Waals surface area contributed by atoms with Gasteiger partial charge in [-0.25, -0.2) is 13.8 Å². The van der Waals surface area contributed by atoms with E-state index in [1.54, 1.807) is 66.2 Å². The molecule has 1 heterocycles. The zero-order valence-corrected chi connectivity index (χ0v) is 18.2. The highest BCUT2D eigenvalue weighted by molar-refractivity contribution is 7.99. The molecule has 0 aliphatic carbocycles. The molecule has 0 amide bonds. The summed E-state index contributed by atoms with van der Waals surface area (Å²) in [7, 11) is -3.60. The first-order valence-electron chi connectivity index (χ1n) is 9.16. The molecular formula is C21H23N3O2S3. The van der Waals surface area contributed by atoms with Gasteiger partial charge in [-0.15, -0.1) is 28.4 Å². The molecule has 0 spiro atoms. The summed E-state index contributed by atoms with van der Waals surface area (Å²) in [6, 6.07) is 22.4. The number of thioether (sulfide) groups is 2. The lowest BCUT2D eigenvalue weighted by atomic mass is 10.3. The standard InChI is InChI=1S/C21H23N3O2S3/c25-29(26,21-9-5-2-6-10-21)24-23-18(17-28-19-7-3-1-4-8-19)13-16-27-20-11-14-22-15-12-20/h1-12,14-15,18,23-24H,13,16-17H2. The maximum atomic E-state index is 12.5. The first-order valence-corrected chi connectivity index (χ1v) is 12.6. The van der Waals surface area contributed by atoms with E-state index in [2.05, 4.69) is 27.4 Å². The monoisotopic (exact) mass is 445 g/mol. The number of hydrogen-bond acceptors (Lipinski definition) is 6. The minimum atomic E-state index is -3.60. The zero-order valence-electron chi connectivity index (χ0n) is 15.8. The fourth-order valence-corrected chi connectivity index (χ4v) is 5.38. The highest BCUT2D eigenvalue weighted by Crippen LogP contribution is 2.22. The lowest BCUT2D eigenvalue weighted by Crippen LogP contribution is -2.45. The smallest absolute Gasteiger partial charge is 0.253 e. The summed E-state index contributed by atoms with van der Waals surface area (Å²) < 4.78 is 25.0. The van der Waals surface area contributed by atoms with Gasteiger partial charge in [0, 0.05) is 34.0 Å². The van der Waals surface area contributed by atoms with E-state index >= 15 is 0 Å². The van der Waals surface area contributed by atoms with Gasteiger partial charge in [-0.1, -0.05) is 36.4 Å². The normalized spacial score (nSPS) is 12.6. The van der Waals surface area contributed by atoms with Crippen LogP contribution in [0.2, 0.25) is 0 Å². The summed E-state index contributed by atoms with van der Waals surface area (Å²) in [5.41, 5.74) is 3.03. The Morgan fingerprint density at radius 1 is 0.828 bits per heavy atom. The average molecular weight is 446 g/mol. The molecule has 3 rings (SSSR count). The Bertz CT molecular complexity index is 956. The van der Waals surface area contributed by atoms with Crippen molar-refractivity contribution >= 4 is 33.5 Å². The van der Waals surface area contributed by atoms with Crippen LogP contribution in [0, 0.1) is 0 Å². The van der Waals surface area contributed by atoms with Crippen molar-refractivity contribution in [3.05, 3.63) is 85.2 Å². The molecule has 0 aliphatic rings. The second-order valence-electron chi connectivity index (χ2n) is 6.20. The van der Waals surface area contributed by atoms with Gasteiger partial charge in [-0.05, 0) is 48.6 Å². The fraction of sp³-hybridized carbons (Fsp3) is 0.190. The Hall–Kier alpha value is -1.84.